The van der Waals surface area contributed by atoms with E-state index in [1.54, 1.807) is 0 Å². The second-order valence-corrected chi connectivity index (χ2v) is 7.66. The Bertz CT molecular complexity index is 1270. The topological polar surface area (TPSA) is 58.9 Å². The second-order valence-electron chi connectivity index (χ2n) is 7.22. The van der Waals surface area contributed by atoms with Crippen molar-refractivity contribution >= 4 is 34.2 Å². The Morgan fingerprint density at radius 2 is 1.76 bits per heavy atom. The number of nitrogens with one attached hydrogen (secondary N) is 1. The molecule has 4 aromatic rings. The number of hydrogen-bond donors (Lipinski definition) is 1. The zero-order chi connectivity index (χ0) is 20.0. The summed E-state index contributed by atoms with van der Waals surface area (Å²) in [4.78, 5) is 14.9. The summed E-state index contributed by atoms with van der Waals surface area (Å²) in [5.74, 6) is -0.374. The van der Waals surface area contributed by atoms with Gasteiger partial charge in [-0.05, 0) is 46.5 Å². The number of aromatic amines is 1. The molecule has 1 aliphatic rings. The van der Waals surface area contributed by atoms with E-state index in [1.807, 2.05) is 60.7 Å². The number of rotatable bonds is 3. The highest BCUT2D eigenvalue weighted by atomic mass is 35.5. The van der Waals surface area contributed by atoms with E-state index in [0.29, 0.717) is 5.02 Å². The summed E-state index contributed by atoms with van der Waals surface area (Å²) in [5.41, 5.74) is 6.80. The van der Waals surface area contributed by atoms with Crippen molar-refractivity contribution in [3.8, 4) is 0 Å². The Kier molecular flexibility index (Phi) is 4.22. The van der Waals surface area contributed by atoms with Crippen LogP contribution in [0.3, 0.4) is 0 Å². The van der Waals surface area contributed by atoms with Crippen molar-refractivity contribution in [3.05, 3.63) is 116 Å². The molecule has 0 fully saturated rings. The average molecular weight is 401 g/mol. The second kappa shape index (κ2) is 6.90. The van der Waals surface area contributed by atoms with Crippen molar-refractivity contribution in [1.29, 1.82) is 0 Å². The smallest absolute Gasteiger partial charge is 0.214 e. The van der Waals surface area contributed by atoms with Gasteiger partial charge in [0.1, 0.15) is 0 Å². The molecule has 1 aromatic heterocycles. The highest BCUT2D eigenvalue weighted by molar-refractivity contribution is 6.31. The van der Waals surface area contributed by atoms with E-state index in [-0.39, 0.29) is 17.4 Å². The van der Waals surface area contributed by atoms with E-state index in [1.165, 1.54) is 0 Å². The van der Waals surface area contributed by atoms with Crippen molar-refractivity contribution in [2.75, 3.05) is 6.54 Å². The standard InChI is InChI=1S/C24H17ClN2O2/c25-17-10-11-22-20(13-17)23-21(14-27(28)29)18-9-5-4-8-16(18)12-19(24(23)26-22)15-6-2-1-3-7-15/h1-13,21,26H,14H2. The third-order valence-corrected chi connectivity index (χ3v) is 5.74. The highest BCUT2D eigenvalue weighted by Gasteiger charge is 2.32. The minimum Gasteiger partial charge on any atom is -0.354 e. The van der Waals surface area contributed by atoms with E-state index in [0.717, 1.165) is 44.4 Å². The molecule has 0 bridgehead atoms. The Morgan fingerprint density at radius 1 is 1.00 bits per heavy atom. The molecular weight excluding hydrogens is 384 g/mol. The Morgan fingerprint density at radius 3 is 2.55 bits per heavy atom. The monoisotopic (exact) mass is 400 g/mol. The number of nitro groups is 1. The number of H-pyrrole nitrogens is 1. The minimum absolute atomic E-state index is 0.181. The van der Waals surface area contributed by atoms with Gasteiger partial charge in [0.15, 0.2) is 0 Å². The molecule has 1 heterocycles. The van der Waals surface area contributed by atoms with Crippen molar-refractivity contribution in [2.24, 2.45) is 0 Å². The number of benzene rings is 3. The maximum atomic E-state index is 11.6. The largest absolute Gasteiger partial charge is 0.354 e. The molecule has 0 saturated carbocycles. The van der Waals surface area contributed by atoms with Crippen molar-refractivity contribution < 1.29 is 4.92 Å². The van der Waals surface area contributed by atoms with Gasteiger partial charge in [-0.25, -0.2) is 0 Å². The predicted molar refractivity (Wildman–Crippen MR) is 117 cm³/mol. The summed E-state index contributed by atoms with van der Waals surface area (Å²) < 4.78 is 0. The van der Waals surface area contributed by atoms with Gasteiger partial charge in [-0.2, -0.15) is 0 Å². The van der Waals surface area contributed by atoms with Crippen LogP contribution in [0.15, 0.2) is 72.8 Å². The van der Waals surface area contributed by atoms with Gasteiger partial charge < -0.3 is 4.98 Å². The Hall–Kier alpha value is -3.37. The number of halogens is 1. The molecule has 0 radical (unpaired) electrons. The van der Waals surface area contributed by atoms with Crippen molar-refractivity contribution in [2.45, 2.75) is 5.92 Å². The van der Waals surface area contributed by atoms with Crippen LogP contribution >= 0.6 is 11.6 Å². The maximum absolute atomic E-state index is 11.6. The predicted octanol–water partition coefficient (Wildman–Crippen LogP) is 6.13. The molecule has 5 rings (SSSR count). The van der Waals surface area contributed by atoms with Crippen LogP contribution in [-0.2, 0) is 0 Å². The molecule has 29 heavy (non-hydrogen) atoms. The maximum Gasteiger partial charge on any atom is 0.214 e. The lowest BCUT2D eigenvalue weighted by Gasteiger charge is -2.15. The van der Waals surface area contributed by atoms with Gasteiger partial charge in [0.2, 0.25) is 6.54 Å². The molecular formula is C24H17ClN2O2. The molecule has 1 unspecified atom stereocenters. The SMILES string of the molecule is O=[N+]([O-])CC1c2ccccc2C=C(c2ccccc2)c2[nH]c3ccc(Cl)cc3c21. The fourth-order valence-electron chi connectivity index (χ4n) is 4.29. The summed E-state index contributed by atoms with van der Waals surface area (Å²) in [7, 11) is 0. The van der Waals surface area contributed by atoms with Crippen LogP contribution in [-0.4, -0.2) is 16.5 Å². The zero-order valence-corrected chi connectivity index (χ0v) is 16.2. The quantitative estimate of drug-likeness (QED) is 0.332. The lowest BCUT2D eigenvalue weighted by atomic mass is 9.87. The number of fused-ring (bicyclic) bond motifs is 4. The fourth-order valence-corrected chi connectivity index (χ4v) is 4.46. The summed E-state index contributed by atoms with van der Waals surface area (Å²) in [6, 6.07) is 23.7. The Balaban J connectivity index is 1.89. The number of hydrogen-bond acceptors (Lipinski definition) is 2. The van der Waals surface area contributed by atoms with Crippen LogP contribution in [0.1, 0.15) is 33.9 Å². The molecule has 142 valence electrons. The van der Waals surface area contributed by atoms with E-state index < -0.39 is 0 Å². The first-order chi connectivity index (χ1) is 14.1. The van der Waals surface area contributed by atoms with E-state index in [4.69, 9.17) is 11.6 Å². The molecule has 1 aliphatic carbocycles. The van der Waals surface area contributed by atoms with Crippen LogP contribution in [0.5, 0.6) is 0 Å². The lowest BCUT2D eigenvalue weighted by molar-refractivity contribution is -0.481. The molecule has 4 nitrogen and oxygen atoms in total. The first-order valence-electron chi connectivity index (χ1n) is 9.41. The van der Waals surface area contributed by atoms with Gasteiger partial charge in [0, 0.05) is 26.4 Å². The fraction of sp³-hybridized carbons (Fsp3) is 0.0833. The van der Waals surface area contributed by atoms with E-state index in [9.17, 15) is 10.1 Å². The first kappa shape index (κ1) is 17.7. The summed E-state index contributed by atoms with van der Waals surface area (Å²) in [6.07, 6.45) is 2.13. The van der Waals surface area contributed by atoms with Crippen LogP contribution < -0.4 is 0 Å². The van der Waals surface area contributed by atoms with Crippen LogP contribution in [0.25, 0.3) is 22.6 Å². The average Bonchev–Trinajstić information content (AvgIpc) is 3.03. The first-order valence-corrected chi connectivity index (χ1v) is 9.79. The summed E-state index contributed by atoms with van der Waals surface area (Å²) >= 11 is 6.30. The minimum atomic E-state index is -0.374. The van der Waals surface area contributed by atoms with Gasteiger partial charge in [0.05, 0.1) is 11.6 Å². The highest BCUT2D eigenvalue weighted by Crippen LogP contribution is 2.44. The normalized spacial score (nSPS) is 15.3. The molecule has 1 N–H and O–H groups in total. The van der Waals surface area contributed by atoms with E-state index >= 15 is 0 Å². The van der Waals surface area contributed by atoms with Gasteiger partial charge in [-0.3, -0.25) is 10.1 Å². The molecule has 0 amide bonds. The van der Waals surface area contributed by atoms with Gasteiger partial charge in [-0.1, -0.05) is 66.2 Å². The number of aromatic nitrogens is 1. The molecule has 0 saturated heterocycles. The molecule has 0 aliphatic heterocycles. The summed E-state index contributed by atoms with van der Waals surface area (Å²) in [6.45, 7) is -0.181. The molecule has 5 heteroatoms. The lowest BCUT2D eigenvalue weighted by Crippen LogP contribution is -2.15. The third-order valence-electron chi connectivity index (χ3n) is 5.51. The Labute approximate surface area is 172 Å². The van der Waals surface area contributed by atoms with Crippen LogP contribution in [0.2, 0.25) is 5.02 Å². The van der Waals surface area contributed by atoms with Gasteiger partial charge >= 0.3 is 0 Å². The van der Waals surface area contributed by atoms with Crippen molar-refractivity contribution in [3.63, 3.8) is 0 Å². The van der Waals surface area contributed by atoms with Crippen LogP contribution in [0, 0.1) is 10.1 Å². The molecule has 3 aromatic carbocycles. The van der Waals surface area contributed by atoms with Gasteiger partial charge in [-0.15, -0.1) is 0 Å². The summed E-state index contributed by atoms with van der Waals surface area (Å²) in [5, 5.41) is 13.2. The number of nitrogens with zero attached hydrogens (tertiary/aromatic N) is 1. The molecule has 0 spiro atoms. The van der Waals surface area contributed by atoms with Crippen LogP contribution in [0.4, 0.5) is 0 Å². The zero-order valence-electron chi connectivity index (χ0n) is 15.4. The third kappa shape index (κ3) is 3.02. The van der Waals surface area contributed by atoms with Crippen molar-refractivity contribution in [1.82, 2.24) is 4.98 Å². The molecule has 1 atom stereocenters. The van der Waals surface area contributed by atoms with E-state index in [2.05, 4.69) is 23.2 Å². The van der Waals surface area contributed by atoms with Gasteiger partial charge in [0.25, 0.3) is 0 Å².